The number of rotatable bonds is 1. The maximum atomic E-state index is 13.6. The maximum absolute atomic E-state index is 13.6. The lowest BCUT2D eigenvalue weighted by atomic mass is 10.2. The summed E-state index contributed by atoms with van der Waals surface area (Å²) in [5, 5.41) is 2.36. The SMILES string of the molecule is NC1=NC(Nc2cccc(C(F)(F)F)c2F)=NC1. The van der Waals surface area contributed by atoms with E-state index in [0.29, 0.717) is 6.07 Å². The number of amidine groups is 1. The van der Waals surface area contributed by atoms with Crippen molar-refractivity contribution in [1.29, 1.82) is 0 Å². The third-order valence-electron chi connectivity index (χ3n) is 2.19. The van der Waals surface area contributed by atoms with Crippen LogP contribution in [0.1, 0.15) is 5.56 Å². The van der Waals surface area contributed by atoms with Crippen LogP contribution in [0.5, 0.6) is 0 Å². The van der Waals surface area contributed by atoms with Crippen LogP contribution >= 0.6 is 0 Å². The second-order valence-electron chi connectivity index (χ2n) is 3.53. The van der Waals surface area contributed by atoms with E-state index in [2.05, 4.69) is 15.3 Å². The van der Waals surface area contributed by atoms with Crippen molar-refractivity contribution in [1.82, 2.24) is 0 Å². The minimum Gasteiger partial charge on any atom is -0.385 e. The highest BCUT2D eigenvalue weighted by molar-refractivity contribution is 6.07. The molecular weight excluding hydrogens is 252 g/mol. The smallest absolute Gasteiger partial charge is 0.385 e. The Labute approximate surface area is 99.2 Å². The van der Waals surface area contributed by atoms with Crippen LogP contribution in [0.3, 0.4) is 0 Å². The van der Waals surface area contributed by atoms with Crippen molar-refractivity contribution in [3.8, 4) is 0 Å². The molecule has 1 aromatic carbocycles. The Kier molecular flexibility index (Phi) is 2.93. The van der Waals surface area contributed by atoms with Gasteiger partial charge in [0, 0.05) is 0 Å². The first-order valence-corrected chi connectivity index (χ1v) is 4.88. The molecule has 0 unspecified atom stereocenters. The molecule has 0 atom stereocenters. The monoisotopic (exact) mass is 260 g/mol. The van der Waals surface area contributed by atoms with Gasteiger partial charge in [-0.1, -0.05) is 6.07 Å². The Morgan fingerprint density at radius 3 is 2.56 bits per heavy atom. The zero-order valence-electron chi connectivity index (χ0n) is 8.92. The highest BCUT2D eigenvalue weighted by Gasteiger charge is 2.35. The standard InChI is InChI=1S/C10H8F4N4/c11-8-5(10(12,13)14)2-1-3-6(8)17-9-16-4-7(15)18-9/h1-3H,4H2,(H3,15,16,17,18). The molecule has 18 heavy (non-hydrogen) atoms. The molecular formula is C10H8F4N4. The molecule has 8 heteroatoms. The fourth-order valence-electron chi connectivity index (χ4n) is 1.40. The summed E-state index contributed by atoms with van der Waals surface area (Å²) in [4.78, 5) is 7.48. The summed E-state index contributed by atoms with van der Waals surface area (Å²) in [6, 6.07) is 2.92. The number of guanidine groups is 1. The van der Waals surface area contributed by atoms with Crippen LogP contribution < -0.4 is 11.1 Å². The van der Waals surface area contributed by atoms with E-state index in [1.165, 1.54) is 0 Å². The van der Waals surface area contributed by atoms with Gasteiger partial charge in [0.25, 0.3) is 0 Å². The van der Waals surface area contributed by atoms with Crippen molar-refractivity contribution in [2.45, 2.75) is 6.18 Å². The summed E-state index contributed by atoms with van der Waals surface area (Å²) in [6.07, 6.45) is -4.75. The zero-order chi connectivity index (χ0) is 13.3. The average Bonchev–Trinajstić information content (AvgIpc) is 2.65. The molecule has 1 aliphatic rings. The second-order valence-corrected chi connectivity index (χ2v) is 3.53. The average molecular weight is 260 g/mol. The predicted octanol–water partition coefficient (Wildman–Crippen LogP) is 1.98. The molecule has 4 nitrogen and oxygen atoms in total. The Morgan fingerprint density at radius 1 is 1.28 bits per heavy atom. The van der Waals surface area contributed by atoms with Gasteiger partial charge in [-0.25, -0.2) is 9.38 Å². The molecule has 1 aliphatic heterocycles. The van der Waals surface area contributed by atoms with E-state index < -0.39 is 17.6 Å². The van der Waals surface area contributed by atoms with Gasteiger partial charge in [-0.2, -0.15) is 18.2 Å². The number of benzene rings is 1. The van der Waals surface area contributed by atoms with E-state index in [4.69, 9.17) is 5.73 Å². The molecule has 0 aliphatic carbocycles. The van der Waals surface area contributed by atoms with Gasteiger partial charge in [0.1, 0.15) is 12.4 Å². The molecule has 1 heterocycles. The van der Waals surface area contributed by atoms with E-state index in [-0.39, 0.29) is 24.0 Å². The molecule has 0 bridgehead atoms. The maximum Gasteiger partial charge on any atom is 0.419 e. The first-order chi connectivity index (χ1) is 8.38. The third-order valence-corrected chi connectivity index (χ3v) is 2.19. The molecule has 0 aromatic heterocycles. The molecule has 2 rings (SSSR count). The number of anilines is 1. The van der Waals surface area contributed by atoms with Crippen LogP contribution in [0.25, 0.3) is 0 Å². The van der Waals surface area contributed by atoms with Gasteiger partial charge in [0.05, 0.1) is 11.3 Å². The van der Waals surface area contributed by atoms with Crippen molar-refractivity contribution in [2.75, 3.05) is 11.9 Å². The number of hydrogen-bond donors (Lipinski definition) is 2. The van der Waals surface area contributed by atoms with Gasteiger partial charge in [-0.3, -0.25) is 0 Å². The normalized spacial score (nSPS) is 15.3. The van der Waals surface area contributed by atoms with Gasteiger partial charge in [0.15, 0.2) is 5.82 Å². The van der Waals surface area contributed by atoms with Crippen LogP contribution in [0.2, 0.25) is 0 Å². The number of alkyl halides is 3. The molecule has 3 N–H and O–H groups in total. The summed E-state index contributed by atoms with van der Waals surface area (Å²) >= 11 is 0. The lowest BCUT2D eigenvalue weighted by molar-refractivity contribution is -0.139. The molecule has 0 spiro atoms. The molecule has 1 aromatic rings. The minimum absolute atomic E-state index is 0.00859. The van der Waals surface area contributed by atoms with Crippen molar-refractivity contribution in [3.63, 3.8) is 0 Å². The first kappa shape index (κ1) is 12.3. The number of nitrogens with zero attached hydrogens (tertiary/aromatic N) is 2. The van der Waals surface area contributed by atoms with Crippen molar-refractivity contribution >= 4 is 17.5 Å². The van der Waals surface area contributed by atoms with Crippen LogP contribution in [-0.2, 0) is 6.18 Å². The fraction of sp³-hybridized carbons (Fsp3) is 0.200. The quantitative estimate of drug-likeness (QED) is 0.758. The largest absolute Gasteiger partial charge is 0.419 e. The van der Waals surface area contributed by atoms with E-state index in [1.807, 2.05) is 0 Å². The number of halogens is 4. The van der Waals surface area contributed by atoms with Crippen molar-refractivity contribution in [2.24, 2.45) is 15.7 Å². The van der Waals surface area contributed by atoms with E-state index in [1.54, 1.807) is 0 Å². The third kappa shape index (κ3) is 2.41. The van der Waals surface area contributed by atoms with Crippen molar-refractivity contribution in [3.05, 3.63) is 29.6 Å². The molecule has 96 valence electrons. The Bertz CT molecular complexity index is 533. The number of hydrogen-bond acceptors (Lipinski definition) is 4. The lowest BCUT2D eigenvalue weighted by Crippen LogP contribution is -2.14. The lowest BCUT2D eigenvalue weighted by Gasteiger charge is -2.11. The minimum atomic E-state index is -4.75. The molecule has 0 fully saturated rings. The highest BCUT2D eigenvalue weighted by Crippen LogP contribution is 2.33. The zero-order valence-corrected chi connectivity index (χ0v) is 8.92. The summed E-state index contributed by atoms with van der Waals surface area (Å²) in [6.45, 7) is 0.142. The summed E-state index contributed by atoms with van der Waals surface area (Å²) in [7, 11) is 0. The van der Waals surface area contributed by atoms with Crippen LogP contribution in [0.15, 0.2) is 28.2 Å². The predicted molar refractivity (Wildman–Crippen MR) is 58.9 cm³/mol. The Balaban J connectivity index is 2.30. The molecule has 0 saturated heterocycles. The number of aliphatic imine (C=N–C) groups is 2. The number of nitrogens with one attached hydrogen (secondary N) is 1. The summed E-state index contributed by atoms with van der Waals surface area (Å²) < 4.78 is 51.0. The fourth-order valence-corrected chi connectivity index (χ4v) is 1.40. The summed E-state index contributed by atoms with van der Waals surface area (Å²) in [5.74, 6) is -1.19. The van der Waals surface area contributed by atoms with Gasteiger partial charge < -0.3 is 11.1 Å². The molecule has 0 saturated carbocycles. The van der Waals surface area contributed by atoms with Gasteiger partial charge in [-0.15, -0.1) is 0 Å². The number of nitrogens with two attached hydrogens (primary N) is 1. The molecule has 0 amide bonds. The van der Waals surface area contributed by atoms with Crippen LogP contribution in [0.4, 0.5) is 23.2 Å². The van der Waals surface area contributed by atoms with Crippen LogP contribution in [-0.4, -0.2) is 18.3 Å². The van der Waals surface area contributed by atoms with E-state index >= 15 is 0 Å². The Morgan fingerprint density at radius 2 is 2.00 bits per heavy atom. The second kappa shape index (κ2) is 4.28. The van der Waals surface area contributed by atoms with Crippen molar-refractivity contribution < 1.29 is 17.6 Å². The van der Waals surface area contributed by atoms with Gasteiger partial charge in [0.2, 0.25) is 5.96 Å². The van der Waals surface area contributed by atoms with E-state index in [0.717, 1.165) is 12.1 Å². The first-order valence-electron chi connectivity index (χ1n) is 4.88. The van der Waals surface area contributed by atoms with Gasteiger partial charge in [-0.05, 0) is 12.1 Å². The van der Waals surface area contributed by atoms with E-state index in [9.17, 15) is 17.6 Å². The summed E-state index contributed by atoms with van der Waals surface area (Å²) in [5.41, 5.74) is 3.65. The Hall–Kier alpha value is -2.12. The topological polar surface area (TPSA) is 62.8 Å². The molecule has 0 radical (unpaired) electrons. The van der Waals surface area contributed by atoms with Crippen LogP contribution in [0, 0.1) is 5.82 Å². The van der Waals surface area contributed by atoms with Gasteiger partial charge >= 0.3 is 6.18 Å². The highest BCUT2D eigenvalue weighted by atomic mass is 19.4.